The van der Waals surface area contributed by atoms with E-state index in [1.54, 1.807) is 35.3 Å². The number of amides is 2. The molecule has 1 aliphatic rings. The number of halogens is 1. The van der Waals surface area contributed by atoms with Gasteiger partial charge in [-0.2, -0.15) is 5.10 Å². The first-order valence-electron chi connectivity index (χ1n) is 8.04. The van der Waals surface area contributed by atoms with Crippen molar-refractivity contribution in [2.75, 3.05) is 5.32 Å². The van der Waals surface area contributed by atoms with Crippen LogP contribution in [0.1, 0.15) is 37.7 Å². The summed E-state index contributed by atoms with van der Waals surface area (Å²) >= 11 is 0. The molecule has 0 atom stereocenters. The number of carbonyl (C=O) groups excluding carboxylic acids is 1. The Morgan fingerprint density at radius 2 is 2.04 bits per heavy atom. The Hall–Kier alpha value is -2.37. The zero-order chi connectivity index (χ0) is 16.1. The van der Waals surface area contributed by atoms with Crippen molar-refractivity contribution in [3.05, 3.63) is 48.0 Å². The number of aromatic nitrogens is 2. The van der Waals surface area contributed by atoms with E-state index in [0.29, 0.717) is 17.8 Å². The Morgan fingerprint density at radius 3 is 2.83 bits per heavy atom. The number of carbonyl (C=O) groups is 1. The van der Waals surface area contributed by atoms with Gasteiger partial charge in [0.15, 0.2) is 0 Å². The number of rotatable bonds is 4. The Morgan fingerprint density at radius 1 is 1.26 bits per heavy atom. The van der Waals surface area contributed by atoms with Gasteiger partial charge in [-0.25, -0.2) is 9.18 Å². The van der Waals surface area contributed by atoms with Crippen LogP contribution in [-0.2, 0) is 6.54 Å². The molecule has 0 spiro atoms. The number of hydrogen-bond donors (Lipinski definition) is 2. The fourth-order valence-electron chi connectivity index (χ4n) is 2.92. The van der Waals surface area contributed by atoms with Gasteiger partial charge in [0, 0.05) is 17.8 Å². The van der Waals surface area contributed by atoms with Gasteiger partial charge in [-0.05, 0) is 18.9 Å². The lowest BCUT2D eigenvalue weighted by Crippen LogP contribution is -2.38. The maximum atomic E-state index is 13.6. The van der Waals surface area contributed by atoms with Crippen molar-refractivity contribution in [2.45, 2.75) is 44.7 Å². The number of nitrogens with one attached hydrogen (secondary N) is 2. The van der Waals surface area contributed by atoms with Crippen LogP contribution in [0.2, 0.25) is 0 Å². The molecule has 1 saturated carbocycles. The molecule has 0 aliphatic heterocycles. The largest absolute Gasteiger partial charge is 0.335 e. The van der Waals surface area contributed by atoms with E-state index in [2.05, 4.69) is 15.7 Å². The fourth-order valence-corrected chi connectivity index (χ4v) is 2.92. The minimum atomic E-state index is -0.257. The highest BCUT2D eigenvalue weighted by Gasteiger charge is 2.15. The first kappa shape index (κ1) is 15.5. The van der Waals surface area contributed by atoms with Crippen molar-refractivity contribution in [3.63, 3.8) is 0 Å². The van der Waals surface area contributed by atoms with Crippen LogP contribution >= 0.6 is 0 Å². The van der Waals surface area contributed by atoms with Gasteiger partial charge in [-0.3, -0.25) is 4.68 Å². The Bertz CT molecular complexity index is 664. The minimum Gasteiger partial charge on any atom is -0.335 e. The van der Waals surface area contributed by atoms with Crippen LogP contribution < -0.4 is 10.6 Å². The van der Waals surface area contributed by atoms with Crippen LogP contribution in [0.3, 0.4) is 0 Å². The van der Waals surface area contributed by atoms with Crippen LogP contribution in [0.4, 0.5) is 14.9 Å². The zero-order valence-corrected chi connectivity index (χ0v) is 13.0. The summed E-state index contributed by atoms with van der Waals surface area (Å²) in [5.74, 6) is -0.257. The lowest BCUT2D eigenvalue weighted by Gasteiger charge is -2.22. The second-order valence-electron chi connectivity index (χ2n) is 5.95. The van der Waals surface area contributed by atoms with E-state index in [1.165, 1.54) is 25.3 Å². The smallest absolute Gasteiger partial charge is 0.319 e. The SMILES string of the molecule is O=C(Nc1cnn(Cc2ccccc2F)c1)NC1CCCCC1. The quantitative estimate of drug-likeness (QED) is 0.906. The summed E-state index contributed by atoms with van der Waals surface area (Å²) in [5.41, 5.74) is 1.17. The van der Waals surface area contributed by atoms with E-state index in [-0.39, 0.29) is 17.9 Å². The van der Waals surface area contributed by atoms with E-state index in [9.17, 15) is 9.18 Å². The number of hydrogen-bond acceptors (Lipinski definition) is 2. The normalized spacial score (nSPS) is 15.3. The second kappa shape index (κ2) is 7.26. The van der Waals surface area contributed by atoms with Crippen molar-refractivity contribution in [3.8, 4) is 0 Å². The number of anilines is 1. The lowest BCUT2D eigenvalue weighted by atomic mass is 9.96. The summed E-state index contributed by atoms with van der Waals surface area (Å²) in [6.45, 7) is 0.332. The summed E-state index contributed by atoms with van der Waals surface area (Å²) in [5, 5.41) is 9.93. The number of benzene rings is 1. The third-order valence-corrected chi connectivity index (χ3v) is 4.12. The molecule has 1 aromatic carbocycles. The number of nitrogens with zero attached hydrogens (tertiary/aromatic N) is 2. The highest BCUT2D eigenvalue weighted by Crippen LogP contribution is 2.17. The molecule has 6 heteroatoms. The third-order valence-electron chi connectivity index (χ3n) is 4.12. The van der Waals surface area contributed by atoms with Gasteiger partial charge in [0.05, 0.1) is 18.4 Å². The van der Waals surface area contributed by atoms with Crippen molar-refractivity contribution in [1.29, 1.82) is 0 Å². The summed E-state index contributed by atoms with van der Waals surface area (Å²) in [6.07, 6.45) is 8.95. The molecule has 1 aliphatic carbocycles. The summed E-state index contributed by atoms with van der Waals surface area (Å²) in [4.78, 5) is 12.0. The van der Waals surface area contributed by atoms with Gasteiger partial charge in [0.2, 0.25) is 0 Å². The molecule has 0 bridgehead atoms. The molecule has 1 aromatic heterocycles. The summed E-state index contributed by atoms with van der Waals surface area (Å²) in [6, 6.07) is 6.65. The first-order valence-corrected chi connectivity index (χ1v) is 8.04. The van der Waals surface area contributed by atoms with E-state index in [4.69, 9.17) is 0 Å². The Labute approximate surface area is 134 Å². The molecule has 2 aromatic rings. The van der Waals surface area contributed by atoms with E-state index in [0.717, 1.165) is 12.8 Å². The molecule has 5 nitrogen and oxygen atoms in total. The molecule has 1 fully saturated rings. The van der Waals surface area contributed by atoms with Gasteiger partial charge in [-0.1, -0.05) is 37.5 Å². The van der Waals surface area contributed by atoms with Gasteiger partial charge in [0.1, 0.15) is 5.82 Å². The lowest BCUT2D eigenvalue weighted by molar-refractivity contribution is 0.244. The predicted molar refractivity (Wildman–Crippen MR) is 86.8 cm³/mol. The average Bonchev–Trinajstić information content (AvgIpc) is 2.97. The van der Waals surface area contributed by atoms with Crippen molar-refractivity contribution in [1.82, 2.24) is 15.1 Å². The molecule has 2 amide bonds. The summed E-state index contributed by atoms with van der Waals surface area (Å²) < 4.78 is 15.2. The predicted octanol–water partition coefficient (Wildman–Crippen LogP) is 3.52. The van der Waals surface area contributed by atoms with Crippen LogP contribution in [0.5, 0.6) is 0 Å². The average molecular weight is 316 g/mol. The molecular formula is C17H21FN4O. The monoisotopic (exact) mass is 316 g/mol. The maximum absolute atomic E-state index is 13.6. The molecule has 23 heavy (non-hydrogen) atoms. The Balaban J connectivity index is 1.54. The molecule has 2 N–H and O–H groups in total. The Kier molecular flexibility index (Phi) is 4.90. The molecule has 3 rings (SSSR count). The fraction of sp³-hybridized carbons (Fsp3) is 0.412. The van der Waals surface area contributed by atoms with Gasteiger partial charge < -0.3 is 10.6 Å². The van der Waals surface area contributed by atoms with Crippen molar-refractivity contribution >= 4 is 11.7 Å². The van der Waals surface area contributed by atoms with E-state index in [1.807, 2.05) is 0 Å². The maximum Gasteiger partial charge on any atom is 0.319 e. The van der Waals surface area contributed by atoms with Gasteiger partial charge >= 0.3 is 6.03 Å². The second-order valence-corrected chi connectivity index (χ2v) is 5.95. The summed E-state index contributed by atoms with van der Waals surface area (Å²) in [7, 11) is 0. The number of urea groups is 1. The molecule has 0 radical (unpaired) electrons. The topological polar surface area (TPSA) is 59.0 Å². The molecular weight excluding hydrogens is 295 g/mol. The first-order chi connectivity index (χ1) is 11.2. The van der Waals surface area contributed by atoms with Crippen LogP contribution in [0, 0.1) is 5.82 Å². The molecule has 0 saturated heterocycles. The standard InChI is InChI=1S/C17H21FN4O/c18-16-9-5-4-6-13(16)11-22-12-15(10-19-22)21-17(23)20-14-7-2-1-3-8-14/h4-6,9-10,12,14H,1-3,7-8,11H2,(H2,20,21,23). The van der Waals surface area contributed by atoms with Crippen LogP contribution in [-0.4, -0.2) is 21.9 Å². The van der Waals surface area contributed by atoms with Gasteiger partial charge in [-0.15, -0.1) is 0 Å². The van der Waals surface area contributed by atoms with Crippen molar-refractivity contribution in [2.24, 2.45) is 0 Å². The van der Waals surface area contributed by atoms with E-state index < -0.39 is 0 Å². The molecule has 122 valence electrons. The van der Waals surface area contributed by atoms with Crippen LogP contribution in [0.15, 0.2) is 36.7 Å². The van der Waals surface area contributed by atoms with Gasteiger partial charge in [0.25, 0.3) is 0 Å². The van der Waals surface area contributed by atoms with Crippen LogP contribution in [0.25, 0.3) is 0 Å². The zero-order valence-electron chi connectivity index (χ0n) is 13.0. The van der Waals surface area contributed by atoms with Crippen molar-refractivity contribution < 1.29 is 9.18 Å². The molecule has 1 heterocycles. The molecule has 0 unspecified atom stereocenters. The highest BCUT2D eigenvalue weighted by atomic mass is 19.1. The minimum absolute atomic E-state index is 0.206. The highest BCUT2D eigenvalue weighted by molar-refractivity contribution is 5.89. The van der Waals surface area contributed by atoms with E-state index >= 15 is 0 Å². The third kappa shape index (κ3) is 4.31.